The van der Waals surface area contributed by atoms with Crippen molar-refractivity contribution in [3.05, 3.63) is 46.5 Å². The van der Waals surface area contributed by atoms with Gasteiger partial charge in [-0.2, -0.15) is 0 Å². The Morgan fingerprint density at radius 2 is 1.90 bits per heavy atom. The van der Waals surface area contributed by atoms with E-state index in [4.69, 9.17) is 0 Å². The standard InChI is InChI=1S/C20H23F2N7O/c21-17(22)11-28-13-23-16-10-14(3-4-15(16)20(28)30)27-8-6-26(7-9-27)12-19-25-24-18-2-1-5-29(18)19/h3-4,10,13,17H,1-2,5-9,11-12H2. The molecule has 2 aliphatic heterocycles. The highest BCUT2D eigenvalue weighted by atomic mass is 19.3. The molecule has 2 aromatic heterocycles. The molecule has 0 spiro atoms. The highest BCUT2D eigenvalue weighted by Gasteiger charge is 2.22. The molecular weight excluding hydrogens is 392 g/mol. The summed E-state index contributed by atoms with van der Waals surface area (Å²) in [5.74, 6) is 2.14. The first-order chi connectivity index (χ1) is 14.6. The molecule has 8 nitrogen and oxygen atoms in total. The van der Waals surface area contributed by atoms with E-state index in [9.17, 15) is 13.6 Å². The van der Waals surface area contributed by atoms with E-state index in [0.717, 1.165) is 74.0 Å². The molecule has 0 atom stereocenters. The van der Waals surface area contributed by atoms with Gasteiger partial charge in [0.15, 0.2) is 0 Å². The molecule has 0 radical (unpaired) electrons. The zero-order valence-corrected chi connectivity index (χ0v) is 16.5. The van der Waals surface area contributed by atoms with Crippen molar-refractivity contribution in [1.82, 2.24) is 29.2 Å². The average Bonchev–Trinajstić information content (AvgIpc) is 3.35. The Morgan fingerprint density at radius 3 is 2.70 bits per heavy atom. The third kappa shape index (κ3) is 3.55. The summed E-state index contributed by atoms with van der Waals surface area (Å²) in [6.07, 6.45) is 0.783. The van der Waals surface area contributed by atoms with E-state index in [1.54, 1.807) is 6.07 Å². The molecule has 0 saturated carbocycles. The molecule has 5 rings (SSSR count). The van der Waals surface area contributed by atoms with Gasteiger partial charge in [0.25, 0.3) is 12.0 Å². The number of anilines is 1. The molecule has 2 aliphatic rings. The summed E-state index contributed by atoms with van der Waals surface area (Å²) in [5.41, 5.74) is 1.09. The molecule has 1 fully saturated rings. The topological polar surface area (TPSA) is 72.1 Å². The van der Waals surface area contributed by atoms with Crippen LogP contribution in [0.5, 0.6) is 0 Å². The maximum absolute atomic E-state index is 12.6. The number of alkyl halides is 2. The van der Waals surface area contributed by atoms with Gasteiger partial charge in [-0.15, -0.1) is 10.2 Å². The first-order valence-electron chi connectivity index (χ1n) is 10.2. The van der Waals surface area contributed by atoms with Crippen molar-refractivity contribution >= 4 is 16.6 Å². The lowest BCUT2D eigenvalue weighted by atomic mass is 10.2. The Hall–Kier alpha value is -2.88. The second kappa shape index (κ2) is 7.75. The monoisotopic (exact) mass is 415 g/mol. The third-order valence-electron chi connectivity index (χ3n) is 5.93. The lowest BCUT2D eigenvalue weighted by molar-refractivity contribution is 0.125. The number of aryl methyl sites for hydroxylation is 1. The van der Waals surface area contributed by atoms with Crippen molar-refractivity contribution in [3.8, 4) is 0 Å². The van der Waals surface area contributed by atoms with E-state index in [2.05, 4.69) is 29.5 Å². The third-order valence-corrected chi connectivity index (χ3v) is 5.93. The second-order valence-corrected chi connectivity index (χ2v) is 7.85. The van der Waals surface area contributed by atoms with Crippen LogP contribution in [-0.4, -0.2) is 61.8 Å². The Morgan fingerprint density at radius 1 is 1.07 bits per heavy atom. The number of fused-ring (bicyclic) bond motifs is 2. The van der Waals surface area contributed by atoms with Crippen LogP contribution >= 0.6 is 0 Å². The van der Waals surface area contributed by atoms with Gasteiger partial charge >= 0.3 is 0 Å². The summed E-state index contributed by atoms with van der Waals surface area (Å²) < 4.78 is 28.4. The first kappa shape index (κ1) is 19.1. The van der Waals surface area contributed by atoms with Crippen LogP contribution in [0, 0.1) is 0 Å². The molecule has 1 aromatic carbocycles. The lowest BCUT2D eigenvalue weighted by Gasteiger charge is -2.35. The summed E-state index contributed by atoms with van der Waals surface area (Å²) in [4.78, 5) is 21.2. The minimum absolute atomic E-state index is 0.362. The lowest BCUT2D eigenvalue weighted by Crippen LogP contribution is -2.46. The Kier molecular flexibility index (Phi) is 4.93. The summed E-state index contributed by atoms with van der Waals surface area (Å²) in [7, 11) is 0. The SMILES string of the molecule is O=c1c2ccc(N3CCN(Cc4nnc5n4CCC5)CC3)cc2ncn1CC(F)F. The predicted octanol–water partition coefficient (Wildman–Crippen LogP) is 1.52. The van der Waals surface area contributed by atoms with Gasteiger partial charge in [-0.25, -0.2) is 13.8 Å². The maximum Gasteiger partial charge on any atom is 0.261 e. The van der Waals surface area contributed by atoms with Crippen molar-refractivity contribution in [2.45, 2.75) is 38.9 Å². The fraction of sp³-hybridized carbons (Fsp3) is 0.500. The fourth-order valence-electron chi connectivity index (χ4n) is 4.31. The van der Waals surface area contributed by atoms with Gasteiger partial charge in [0.2, 0.25) is 0 Å². The Labute approximate surface area is 171 Å². The molecule has 0 aliphatic carbocycles. The number of halogens is 2. The summed E-state index contributed by atoms with van der Waals surface area (Å²) in [5, 5.41) is 8.99. The largest absolute Gasteiger partial charge is 0.369 e. The zero-order valence-electron chi connectivity index (χ0n) is 16.5. The number of piperazine rings is 1. The molecule has 1 saturated heterocycles. The summed E-state index contributed by atoms with van der Waals surface area (Å²) in [6, 6.07) is 5.43. The van der Waals surface area contributed by atoms with Gasteiger partial charge in [-0.1, -0.05) is 0 Å². The van der Waals surface area contributed by atoms with Gasteiger partial charge in [-0.05, 0) is 24.6 Å². The van der Waals surface area contributed by atoms with Gasteiger partial charge in [0, 0.05) is 44.8 Å². The molecule has 0 bridgehead atoms. The van der Waals surface area contributed by atoms with Crippen molar-refractivity contribution in [3.63, 3.8) is 0 Å². The van der Waals surface area contributed by atoms with E-state index in [1.165, 1.54) is 6.33 Å². The summed E-state index contributed by atoms with van der Waals surface area (Å²) in [6.45, 7) is 4.71. The van der Waals surface area contributed by atoms with Crippen LogP contribution in [0.4, 0.5) is 14.5 Å². The van der Waals surface area contributed by atoms with Crippen molar-refractivity contribution < 1.29 is 8.78 Å². The number of hydrogen-bond donors (Lipinski definition) is 0. The quantitative estimate of drug-likeness (QED) is 0.629. The predicted molar refractivity (Wildman–Crippen MR) is 108 cm³/mol. The second-order valence-electron chi connectivity index (χ2n) is 7.85. The number of benzene rings is 1. The number of nitrogens with zero attached hydrogens (tertiary/aromatic N) is 7. The molecular formula is C20H23F2N7O. The van der Waals surface area contributed by atoms with E-state index in [-0.39, 0.29) is 0 Å². The normalized spacial score (nSPS) is 17.2. The van der Waals surface area contributed by atoms with Crippen molar-refractivity contribution in [2.75, 3.05) is 31.1 Å². The smallest absolute Gasteiger partial charge is 0.261 e. The van der Waals surface area contributed by atoms with E-state index < -0.39 is 18.5 Å². The van der Waals surface area contributed by atoms with Crippen molar-refractivity contribution in [1.29, 1.82) is 0 Å². The van der Waals surface area contributed by atoms with Crippen LogP contribution in [0.25, 0.3) is 10.9 Å². The molecule has 0 amide bonds. The van der Waals surface area contributed by atoms with Crippen LogP contribution in [0.15, 0.2) is 29.3 Å². The van der Waals surface area contributed by atoms with Crippen molar-refractivity contribution in [2.24, 2.45) is 0 Å². The van der Waals surface area contributed by atoms with E-state index in [1.807, 2.05) is 12.1 Å². The Balaban J connectivity index is 1.27. The van der Waals surface area contributed by atoms with Gasteiger partial charge < -0.3 is 9.47 Å². The molecule has 10 heteroatoms. The zero-order chi connectivity index (χ0) is 20.7. The van der Waals surface area contributed by atoms with Gasteiger partial charge in [-0.3, -0.25) is 14.3 Å². The maximum atomic E-state index is 12.6. The molecule has 4 heterocycles. The number of aromatic nitrogens is 5. The number of rotatable bonds is 5. The van der Waals surface area contributed by atoms with E-state index >= 15 is 0 Å². The van der Waals surface area contributed by atoms with Gasteiger partial charge in [0.05, 0.1) is 30.3 Å². The Bertz CT molecular complexity index is 1120. The van der Waals surface area contributed by atoms with Crippen LogP contribution in [0.2, 0.25) is 0 Å². The van der Waals surface area contributed by atoms with Crippen LogP contribution in [0.1, 0.15) is 18.1 Å². The molecule has 3 aromatic rings. The van der Waals surface area contributed by atoms with Crippen LogP contribution in [0.3, 0.4) is 0 Å². The van der Waals surface area contributed by atoms with Crippen LogP contribution in [-0.2, 0) is 26.1 Å². The molecule has 0 N–H and O–H groups in total. The summed E-state index contributed by atoms with van der Waals surface area (Å²) >= 11 is 0. The minimum atomic E-state index is -2.59. The average molecular weight is 415 g/mol. The minimum Gasteiger partial charge on any atom is -0.369 e. The fourth-order valence-corrected chi connectivity index (χ4v) is 4.31. The highest BCUT2D eigenvalue weighted by molar-refractivity contribution is 5.81. The molecule has 30 heavy (non-hydrogen) atoms. The van der Waals surface area contributed by atoms with Gasteiger partial charge in [0.1, 0.15) is 11.6 Å². The first-order valence-corrected chi connectivity index (χ1v) is 10.2. The highest BCUT2D eigenvalue weighted by Crippen LogP contribution is 2.22. The molecule has 158 valence electrons. The van der Waals surface area contributed by atoms with Crippen LogP contribution < -0.4 is 10.5 Å². The molecule has 0 unspecified atom stereocenters. The number of hydrogen-bond acceptors (Lipinski definition) is 6. The van der Waals surface area contributed by atoms with E-state index in [0.29, 0.717) is 10.9 Å².